The largest absolute Gasteiger partial charge is 0.362 e. The Morgan fingerprint density at radius 2 is 2.25 bits per heavy atom. The first kappa shape index (κ1) is 13.0. The van der Waals surface area contributed by atoms with E-state index in [1.54, 1.807) is 0 Å². The van der Waals surface area contributed by atoms with Crippen LogP contribution in [-0.2, 0) is 13.1 Å². The molecular formula is C11H20N4S. The summed E-state index contributed by atoms with van der Waals surface area (Å²) in [6, 6.07) is 2.00. The summed E-state index contributed by atoms with van der Waals surface area (Å²) in [5, 5.41) is 11.3. The highest BCUT2D eigenvalue weighted by Gasteiger charge is 2.01. The number of aromatic nitrogens is 2. The van der Waals surface area contributed by atoms with Gasteiger partial charge in [-0.15, -0.1) is 0 Å². The Balaban J connectivity index is 2.31. The summed E-state index contributed by atoms with van der Waals surface area (Å²) < 4.78 is 1.96. The van der Waals surface area contributed by atoms with Gasteiger partial charge in [-0.25, -0.2) is 0 Å². The highest BCUT2D eigenvalue weighted by Crippen LogP contribution is 1.97. The smallest absolute Gasteiger partial charge is 0.166 e. The van der Waals surface area contributed by atoms with Crippen molar-refractivity contribution in [1.82, 2.24) is 20.4 Å². The molecule has 0 saturated carbocycles. The maximum Gasteiger partial charge on any atom is 0.166 e. The van der Waals surface area contributed by atoms with Gasteiger partial charge < -0.3 is 10.6 Å². The van der Waals surface area contributed by atoms with Gasteiger partial charge in [0, 0.05) is 19.3 Å². The van der Waals surface area contributed by atoms with Crippen molar-refractivity contribution in [2.75, 3.05) is 6.54 Å². The van der Waals surface area contributed by atoms with Crippen LogP contribution in [0.25, 0.3) is 0 Å². The quantitative estimate of drug-likeness (QED) is 0.766. The molecule has 1 aromatic heterocycles. The SMILES string of the molecule is CCn1nccc1CNC(=S)NCC(C)C. The first-order valence-electron chi connectivity index (χ1n) is 5.65. The molecule has 4 nitrogen and oxygen atoms in total. The van der Waals surface area contributed by atoms with Gasteiger partial charge in [-0.2, -0.15) is 5.10 Å². The van der Waals surface area contributed by atoms with E-state index in [0.29, 0.717) is 11.0 Å². The lowest BCUT2D eigenvalue weighted by Crippen LogP contribution is -2.37. The Bertz CT molecular complexity index is 332. The van der Waals surface area contributed by atoms with E-state index in [0.717, 1.165) is 25.3 Å². The van der Waals surface area contributed by atoms with Gasteiger partial charge in [-0.05, 0) is 31.1 Å². The third kappa shape index (κ3) is 4.18. The van der Waals surface area contributed by atoms with Gasteiger partial charge in [-0.3, -0.25) is 4.68 Å². The van der Waals surface area contributed by atoms with Gasteiger partial charge in [0.25, 0.3) is 0 Å². The van der Waals surface area contributed by atoms with Crippen LogP contribution in [-0.4, -0.2) is 21.4 Å². The Kier molecular flexibility index (Phi) is 5.25. The van der Waals surface area contributed by atoms with Crippen molar-refractivity contribution in [3.8, 4) is 0 Å². The second-order valence-corrected chi connectivity index (χ2v) is 4.50. The first-order chi connectivity index (χ1) is 7.63. The Morgan fingerprint density at radius 1 is 1.50 bits per heavy atom. The van der Waals surface area contributed by atoms with Gasteiger partial charge >= 0.3 is 0 Å². The lowest BCUT2D eigenvalue weighted by molar-refractivity contribution is 0.601. The van der Waals surface area contributed by atoms with E-state index in [1.165, 1.54) is 0 Å². The molecule has 1 aromatic rings. The predicted octanol–water partition coefficient (Wildman–Crippen LogP) is 1.52. The number of aryl methyl sites for hydroxylation is 1. The number of thiocarbonyl (C=S) groups is 1. The Morgan fingerprint density at radius 3 is 2.88 bits per heavy atom. The molecule has 0 atom stereocenters. The summed E-state index contributed by atoms with van der Waals surface area (Å²) in [6.07, 6.45) is 1.81. The molecule has 0 unspecified atom stereocenters. The van der Waals surface area contributed by atoms with Crippen LogP contribution in [0.4, 0.5) is 0 Å². The van der Waals surface area contributed by atoms with Crippen LogP contribution >= 0.6 is 12.2 Å². The van der Waals surface area contributed by atoms with Crippen molar-refractivity contribution in [3.05, 3.63) is 18.0 Å². The standard InChI is InChI=1S/C11H20N4S/c1-4-15-10(5-6-14-15)8-13-11(16)12-7-9(2)3/h5-6,9H,4,7-8H2,1-3H3,(H2,12,13,16). The van der Waals surface area contributed by atoms with Crippen LogP contribution in [0.1, 0.15) is 26.5 Å². The van der Waals surface area contributed by atoms with Crippen molar-refractivity contribution in [1.29, 1.82) is 0 Å². The second-order valence-electron chi connectivity index (χ2n) is 4.10. The highest BCUT2D eigenvalue weighted by molar-refractivity contribution is 7.80. The summed E-state index contributed by atoms with van der Waals surface area (Å²) in [7, 11) is 0. The normalized spacial score (nSPS) is 10.5. The molecule has 0 amide bonds. The molecule has 0 aliphatic carbocycles. The fourth-order valence-electron chi connectivity index (χ4n) is 1.33. The van der Waals surface area contributed by atoms with Crippen molar-refractivity contribution in [2.24, 2.45) is 5.92 Å². The van der Waals surface area contributed by atoms with Gasteiger partial charge in [0.15, 0.2) is 5.11 Å². The molecule has 16 heavy (non-hydrogen) atoms. The molecule has 2 N–H and O–H groups in total. The zero-order chi connectivity index (χ0) is 12.0. The molecule has 0 saturated heterocycles. The molecule has 1 rings (SSSR count). The number of nitrogens with zero attached hydrogens (tertiary/aromatic N) is 2. The first-order valence-corrected chi connectivity index (χ1v) is 6.06. The summed E-state index contributed by atoms with van der Waals surface area (Å²) in [5.41, 5.74) is 1.15. The van der Waals surface area contributed by atoms with Crippen LogP contribution in [0, 0.1) is 5.92 Å². The van der Waals surface area contributed by atoms with E-state index >= 15 is 0 Å². The molecule has 0 aromatic carbocycles. The van der Waals surface area contributed by atoms with Gasteiger partial charge in [0.2, 0.25) is 0 Å². The van der Waals surface area contributed by atoms with Crippen molar-refractivity contribution in [3.63, 3.8) is 0 Å². The minimum atomic E-state index is 0.598. The van der Waals surface area contributed by atoms with E-state index in [4.69, 9.17) is 12.2 Å². The predicted molar refractivity (Wildman–Crippen MR) is 70.2 cm³/mol. The van der Waals surface area contributed by atoms with Crippen molar-refractivity contribution >= 4 is 17.3 Å². The van der Waals surface area contributed by atoms with E-state index in [9.17, 15) is 0 Å². The molecule has 1 heterocycles. The molecule has 0 spiro atoms. The third-order valence-electron chi connectivity index (χ3n) is 2.20. The molecule has 0 bridgehead atoms. The Hall–Kier alpha value is -1.10. The summed E-state index contributed by atoms with van der Waals surface area (Å²) in [5.74, 6) is 0.598. The monoisotopic (exact) mass is 240 g/mol. The molecule has 0 aliphatic rings. The lowest BCUT2D eigenvalue weighted by atomic mass is 10.2. The van der Waals surface area contributed by atoms with E-state index in [-0.39, 0.29) is 0 Å². The minimum absolute atomic E-state index is 0.598. The number of nitrogens with one attached hydrogen (secondary N) is 2. The number of hydrogen-bond acceptors (Lipinski definition) is 2. The topological polar surface area (TPSA) is 41.9 Å². The molecular weight excluding hydrogens is 220 g/mol. The summed E-state index contributed by atoms with van der Waals surface area (Å²) in [4.78, 5) is 0. The average Bonchev–Trinajstić information content (AvgIpc) is 2.70. The van der Waals surface area contributed by atoms with E-state index < -0.39 is 0 Å². The summed E-state index contributed by atoms with van der Waals surface area (Å²) in [6.45, 7) is 8.89. The summed E-state index contributed by atoms with van der Waals surface area (Å²) >= 11 is 5.17. The van der Waals surface area contributed by atoms with Crippen LogP contribution in [0.15, 0.2) is 12.3 Å². The fourth-order valence-corrected chi connectivity index (χ4v) is 1.48. The van der Waals surface area contributed by atoms with Crippen molar-refractivity contribution in [2.45, 2.75) is 33.9 Å². The molecule has 5 heteroatoms. The minimum Gasteiger partial charge on any atom is -0.362 e. The molecule has 90 valence electrons. The zero-order valence-corrected chi connectivity index (χ0v) is 11.0. The fraction of sp³-hybridized carbons (Fsp3) is 0.636. The third-order valence-corrected chi connectivity index (χ3v) is 2.49. The van der Waals surface area contributed by atoms with E-state index in [2.05, 4.69) is 36.5 Å². The average molecular weight is 240 g/mol. The van der Waals surface area contributed by atoms with E-state index in [1.807, 2.05) is 16.9 Å². The van der Waals surface area contributed by atoms with Crippen LogP contribution in [0.5, 0.6) is 0 Å². The highest BCUT2D eigenvalue weighted by atomic mass is 32.1. The second kappa shape index (κ2) is 6.48. The maximum atomic E-state index is 5.17. The zero-order valence-electron chi connectivity index (χ0n) is 10.2. The van der Waals surface area contributed by atoms with Gasteiger partial charge in [0.05, 0.1) is 12.2 Å². The maximum absolute atomic E-state index is 5.17. The van der Waals surface area contributed by atoms with Gasteiger partial charge in [0.1, 0.15) is 0 Å². The van der Waals surface area contributed by atoms with Crippen LogP contribution in [0.2, 0.25) is 0 Å². The van der Waals surface area contributed by atoms with Crippen molar-refractivity contribution < 1.29 is 0 Å². The van der Waals surface area contributed by atoms with Crippen LogP contribution in [0.3, 0.4) is 0 Å². The lowest BCUT2D eigenvalue weighted by Gasteiger charge is -2.12. The number of rotatable bonds is 5. The van der Waals surface area contributed by atoms with Gasteiger partial charge in [-0.1, -0.05) is 13.8 Å². The number of hydrogen-bond donors (Lipinski definition) is 2. The molecule has 0 fully saturated rings. The molecule has 0 aliphatic heterocycles. The molecule has 0 radical (unpaired) electrons. The van der Waals surface area contributed by atoms with Crippen LogP contribution < -0.4 is 10.6 Å². The Labute approximate surface area is 102 Å².